The van der Waals surface area contributed by atoms with E-state index in [4.69, 9.17) is 0 Å². The lowest BCUT2D eigenvalue weighted by Gasteiger charge is -2.21. The summed E-state index contributed by atoms with van der Waals surface area (Å²) in [4.78, 5) is 38.5. The molecule has 0 unspecified atom stereocenters. The third-order valence-electron chi connectivity index (χ3n) is 6.74. The molecule has 1 aromatic carbocycles. The number of aryl methyl sites for hydroxylation is 2. The highest BCUT2D eigenvalue weighted by atomic mass is 16.2. The number of hydrogen-bond donors (Lipinski definition) is 2. The van der Waals surface area contributed by atoms with Crippen LogP contribution in [0.15, 0.2) is 18.2 Å². The summed E-state index contributed by atoms with van der Waals surface area (Å²) in [6.45, 7) is 2.30. The largest absolute Gasteiger partial charge is 0.350 e. The quantitative estimate of drug-likeness (QED) is 0.722. The predicted octanol–water partition coefficient (Wildman–Crippen LogP) is 3.39. The minimum absolute atomic E-state index is 0.0437. The molecule has 1 atom stereocenters. The van der Waals surface area contributed by atoms with Gasteiger partial charge in [0.05, 0.1) is 6.04 Å². The number of amides is 4. The predicted molar refractivity (Wildman–Crippen MR) is 110 cm³/mol. The molecule has 1 spiro atoms. The maximum atomic E-state index is 12.6. The molecular weight excluding hydrogens is 366 g/mol. The van der Waals surface area contributed by atoms with Crippen molar-refractivity contribution in [3.8, 4) is 0 Å². The van der Waals surface area contributed by atoms with Crippen molar-refractivity contribution in [2.24, 2.45) is 0 Å². The molecule has 6 nitrogen and oxygen atoms in total. The second-order valence-electron chi connectivity index (χ2n) is 8.80. The Bertz CT molecular complexity index is 814. The number of carbonyl (C=O) groups excluding carboxylic acids is 3. The molecule has 0 bridgehead atoms. The van der Waals surface area contributed by atoms with Crippen LogP contribution in [-0.2, 0) is 22.4 Å². The van der Waals surface area contributed by atoms with Gasteiger partial charge in [0.15, 0.2) is 0 Å². The summed E-state index contributed by atoms with van der Waals surface area (Å²) >= 11 is 0. The minimum atomic E-state index is -0.666. The molecule has 2 N–H and O–H groups in total. The number of imide groups is 1. The first-order chi connectivity index (χ1) is 14.0. The van der Waals surface area contributed by atoms with Gasteiger partial charge in [-0.3, -0.25) is 14.5 Å². The first-order valence-electron chi connectivity index (χ1n) is 11.0. The number of hydrogen-bond acceptors (Lipinski definition) is 3. The van der Waals surface area contributed by atoms with E-state index in [1.165, 1.54) is 28.9 Å². The Hall–Kier alpha value is -2.37. The second kappa shape index (κ2) is 8.17. The molecule has 4 amide bonds. The SMILES string of the molecule is C[C@H](NC(=O)CCCN1C(=O)NC2(CCCC2)C1=O)c1ccc2c(c1)CCCC2. The molecule has 4 rings (SSSR count). The van der Waals surface area contributed by atoms with Gasteiger partial charge in [0.25, 0.3) is 5.91 Å². The van der Waals surface area contributed by atoms with Crippen LogP contribution >= 0.6 is 0 Å². The fraction of sp³-hybridized carbons (Fsp3) is 0.609. The molecule has 0 radical (unpaired) electrons. The van der Waals surface area contributed by atoms with Crippen molar-refractivity contribution in [1.82, 2.24) is 15.5 Å². The van der Waals surface area contributed by atoms with E-state index in [0.717, 1.165) is 44.1 Å². The zero-order chi connectivity index (χ0) is 20.4. The third kappa shape index (κ3) is 4.02. The van der Waals surface area contributed by atoms with Gasteiger partial charge in [0.2, 0.25) is 5.91 Å². The van der Waals surface area contributed by atoms with Crippen LogP contribution in [0, 0.1) is 0 Å². The summed E-state index contributed by atoms with van der Waals surface area (Å²) in [5, 5.41) is 5.94. The zero-order valence-corrected chi connectivity index (χ0v) is 17.3. The molecule has 1 saturated carbocycles. The average molecular weight is 398 g/mol. The van der Waals surface area contributed by atoms with Crippen LogP contribution in [0.4, 0.5) is 4.79 Å². The lowest BCUT2D eigenvalue weighted by atomic mass is 9.89. The summed E-state index contributed by atoms with van der Waals surface area (Å²) in [5.41, 5.74) is 3.32. The van der Waals surface area contributed by atoms with Crippen LogP contribution in [0.2, 0.25) is 0 Å². The molecule has 2 aliphatic carbocycles. The van der Waals surface area contributed by atoms with Gasteiger partial charge in [-0.2, -0.15) is 0 Å². The Labute approximate surface area is 172 Å². The van der Waals surface area contributed by atoms with E-state index >= 15 is 0 Å². The fourth-order valence-corrected chi connectivity index (χ4v) is 5.01. The van der Waals surface area contributed by atoms with E-state index in [1.807, 2.05) is 6.92 Å². The first-order valence-corrected chi connectivity index (χ1v) is 11.0. The Kier molecular flexibility index (Phi) is 5.61. The highest BCUT2D eigenvalue weighted by molar-refractivity contribution is 6.07. The Morgan fingerprint density at radius 1 is 1.14 bits per heavy atom. The number of nitrogens with one attached hydrogen (secondary N) is 2. The molecule has 29 heavy (non-hydrogen) atoms. The van der Waals surface area contributed by atoms with Crippen molar-refractivity contribution in [3.05, 3.63) is 34.9 Å². The summed E-state index contributed by atoms with van der Waals surface area (Å²) < 4.78 is 0. The molecule has 3 aliphatic rings. The molecule has 0 aromatic heterocycles. The van der Waals surface area contributed by atoms with Gasteiger partial charge in [-0.1, -0.05) is 31.0 Å². The molecule has 1 aliphatic heterocycles. The zero-order valence-electron chi connectivity index (χ0n) is 17.3. The topological polar surface area (TPSA) is 78.5 Å². The summed E-state index contributed by atoms with van der Waals surface area (Å²) in [5.74, 6) is -0.152. The van der Waals surface area contributed by atoms with Crippen LogP contribution in [0.5, 0.6) is 0 Å². The Morgan fingerprint density at radius 3 is 2.62 bits per heavy atom. The van der Waals surface area contributed by atoms with Gasteiger partial charge in [0, 0.05) is 13.0 Å². The molecule has 1 heterocycles. The molecule has 2 fully saturated rings. The van der Waals surface area contributed by atoms with Crippen LogP contribution in [0.25, 0.3) is 0 Å². The summed E-state index contributed by atoms with van der Waals surface area (Å²) in [6, 6.07) is 6.19. The monoisotopic (exact) mass is 397 g/mol. The minimum Gasteiger partial charge on any atom is -0.350 e. The Morgan fingerprint density at radius 2 is 1.86 bits per heavy atom. The highest BCUT2D eigenvalue weighted by Gasteiger charge is 2.52. The van der Waals surface area contributed by atoms with Crippen LogP contribution in [-0.4, -0.2) is 34.8 Å². The van der Waals surface area contributed by atoms with Gasteiger partial charge in [-0.15, -0.1) is 0 Å². The number of nitrogens with zero attached hydrogens (tertiary/aromatic N) is 1. The maximum absolute atomic E-state index is 12.6. The van der Waals surface area contributed by atoms with Crippen molar-refractivity contribution >= 4 is 17.8 Å². The van der Waals surface area contributed by atoms with Gasteiger partial charge in [-0.05, 0) is 68.6 Å². The van der Waals surface area contributed by atoms with Crippen molar-refractivity contribution in [2.45, 2.75) is 82.7 Å². The number of urea groups is 1. The van der Waals surface area contributed by atoms with E-state index in [-0.39, 0.29) is 23.9 Å². The second-order valence-corrected chi connectivity index (χ2v) is 8.80. The number of rotatable bonds is 6. The van der Waals surface area contributed by atoms with Crippen LogP contribution < -0.4 is 10.6 Å². The van der Waals surface area contributed by atoms with Gasteiger partial charge >= 0.3 is 6.03 Å². The Balaban J connectivity index is 1.26. The number of fused-ring (bicyclic) bond motifs is 1. The molecule has 6 heteroatoms. The van der Waals surface area contributed by atoms with E-state index in [9.17, 15) is 14.4 Å². The maximum Gasteiger partial charge on any atom is 0.325 e. The van der Waals surface area contributed by atoms with Gasteiger partial charge in [-0.25, -0.2) is 4.79 Å². The molecule has 1 aromatic rings. The standard InChI is InChI=1S/C23H31N3O3/c1-16(18-11-10-17-7-2-3-8-19(17)15-18)24-20(27)9-6-14-26-21(28)23(25-22(26)29)12-4-5-13-23/h10-11,15-16H,2-9,12-14H2,1H3,(H,24,27)(H,25,29)/t16-/m0/s1. The van der Waals surface area contributed by atoms with E-state index in [0.29, 0.717) is 19.4 Å². The smallest absolute Gasteiger partial charge is 0.325 e. The normalized spacial score (nSPS) is 21.2. The van der Waals surface area contributed by atoms with Crippen molar-refractivity contribution < 1.29 is 14.4 Å². The van der Waals surface area contributed by atoms with Crippen molar-refractivity contribution in [1.29, 1.82) is 0 Å². The summed E-state index contributed by atoms with van der Waals surface area (Å²) in [7, 11) is 0. The molecule has 1 saturated heterocycles. The van der Waals surface area contributed by atoms with E-state index in [2.05, 4.69) is 28.8 Å². The van der Waals surface area contributed by atoms with Crippen molar-refractivity contribution in [3.63, 3.8) is 0 Å². The fourth-order valence-electron chi connectivity index (χ4n) is 5.01. The van der Waals surface area contributed by atoms with Gasteiger partial charge in [0.1, 0.15) is 5.54 Å². The summed E-state index contributed by atoms with van der Waals surface area (Å²) in [6.07, 6.45) is 8.97. The third-order valence-corrected chi connectivity index (χ3v) is 6.74. The van der Waals surface area contributed by atoms with Crippen LogP contribution in [0.3, 0.4) is 0 Å². The van der Waals surface area contributed by atoms with Crippen LogP contribution in [0.1, 0.15) is 81.0 Å². The highest BCUT2D eigenvalue weighted by Crippen LogP contribution is 2.35. The number of carbonyl (C=O) groups is 3. The van der Waals surface area contributed by atoms with E-state index < -0.39 is 5.54 Å². The first kappa shape index (κ1) is 19.9. The number of benzene rings is 1. The van der Waals surface area contributed by atoms with Gasteiger partial charge < -0.3 is 10.6 Å². The lowest BCUT2D eigenvalue weighted by molar-refractivity contribution is -0.131. The van der Waals surface area contributed by atoms with E-state index in [1.54, 1.807) is 0 Å². The van der Waals surface area contributed by atoms with Crippen molar-refractivity contribution in [2.75, 3.05) is 6.54 Å². The molecular formula is C23H31N3O3. The average Bonchev–Trinajstić information content (AvgIpc) is 3.27. The lowest BCUT2D eigenvalue weighted by Crippen LogP contribution is -2.44. The molecule has 156 valence electrons.